The predicted octanol–water partition coefficient (Wildman–Crippen LogP) is 2.64. The minimum atomic E-state index is 0.118. The summed E-state index contributed by atoms with van der Waals surface area (Å²) in [6.07, 6.45) is 0.922. The molecule has 0 aliphatic carbocycles. The van der Waals surface area contributed by atoms with Crippen LogP contribution in [-0.4, -0.2) is 86.0 Å². The molecule has 3 heterocycles. The fourth-order valence-corrected chi connectivity index (χ4v) is 5.71. The molecule has 0 N–H and O–H groups in total. The molecule has 1 unspecified atom stereocenters. The molecule has 1 aromatic heterocycles. The number of piperazine rings is 1. The van der Waals surface area contributed by atoms with Crippen LogP contribution >= 0.6 is 11.3 Å². The summed E-state index contributed by atoms with van der Waals surface area (Å²) in [5, 5.41) is 1.18. The van der Waals surface area contributed by atoms with Gasteiger partial charge in [-0.05, 0) is 23.4 Å². The third kappa shape index (κ3) is 4.17. The summed E-state index contributed by atoms with van der Waals surface area (Å²) >= 11 is 1.61. The highest BCUT2D eigenvalue weighted by Crippen LogP contribution is 2.40. The molecule has 2 aromatic rings. The lowest BCUT2D eigenvalue weighted by Crippen LogP contribution is -2.49. The quantitative estimate of drug-likeness (QED) is 0.753. The Kier molecular flexibility index (Phi) is 6.18. The van der Waals surface area contributed by atoms with Crippen LogP contribution in [0.1, 0.15) is 34.5 Å². The number of nitrogens with zero attached hydrogens (tertiary/aromatic N) is 3. The minimum absolute atomic E-state index is 0.118. The van der Waals surface area contributed by atoms with Gasteiger partial charge in [0.2, 0.25) is 5.91 Å². The van der Waals surface area contributed by atoms with E-state index in [-0.39, 0.29) is 17.7 Å². The molecule has 2 amide bonds. The van der Waals surface area contributed by atoms with Crippen molar-refractivity contribution >= 4 is 33.2 Å². The van der Waals surface area contributed by atoms with Crippen molar-refractivity contribution in [1.82, 2.24) is 14.7 Å². The van der Waals surface area contributed by atoms with Crippen LogP contribution in [0.5, 0.6) is 0 Å². The van der Waals surface area contributed by atoms with Crippen LogP contribution in [0.3, 0.4) is 0 Å². The van der Waals surface area contributed by atoms with E-state index in [4.69, 9.17) is 4.74 Å². The summed E-state index contributed by atoms with van der Waals surface area (Å²) in [4.78, 5) is 32.4. The molecule has 0 bridgehead atoms. The van der Waals surface area contributed by atoms with Crippen molar-refractivity contribution in [2.45, 2.75) is 19.3 Å². The Labute approximate surface area is 176 Å². The zero-order chi connectivity index (χ0) is 20.4. The van der Waals surface area contributed by atoms with Crippen LogP contribution in [0, 0.1) is 0 Å². The first-order chi connectivity index (χ1) is 14.1. The number of ether oxygens (including phenoxy) is 1. The number of hydrogen-bond acceptors (Lipinski definition) is 5. The standard InChI is InChI=1S/C22H29N3O3S/c1-16(26)25-8-7-17(15-25)20-18-5-3-4-6-19(18)29-21(20)22(27)24-11-9-23(10-12-24)13-14-28-2/h3-6,17H,7-15H2,1-2H3. The summed E-state index contributed by atoms with van der Waals surface area (Å²) in [5.41, 5.74) is 1.15. The van der Waals surface area contributed by atoms with Gasteiger partial charge in [-0.25, -0.2) is 0 Å². The normalized spacial score (nSPS) is 20.6. The van der Waals surface area contributed by atoms with Crippen LogP contribution in [0.2, 0.25) is 0 Å². The Morgan fingerprint density at radius 3 is 2.55 bits per heavy atom. The molecule has 2 fully saturated rings. The number of fused-ring (bicyclic) bond motifs is 1. The second-order valence-electron chi connectivity index (χ2n) is 7.92. The van der Waals surface area contributed by atoms with Crippen molar-refractivity contribution in [3.63, 3.8) is 0 Å². The first kappa shape index (κ1) is 20.3. The Hall–Kier alpha value is -1.96. The van der Waals surface area contributed by atoms with Crippen molar-refractivity contribution < 1.29 is 14.3 Å². The highest BCUT2D eigenvalue weighted by Gasteiger charge is 2.33. The molecule has 6 nitrogen and oxygen atoms in total. The molecule has 1 aromatic carbocycles. The maximum atomic E-state index is 13.5. The fourth-order valence-electron chi connectivity index (χ4n) is 4.45. The van der Waals surface area contributed by atoms with Gasteiger partial charge in [0.1, 0.15) is 0 Å². The lowest BCUT2D eigenvalue weighted by atomic mass is 9.94. The molecule has 4 rings (SSSR count). The molecule has 29 heavy (non-hydrogen) atoms. The van der Waals surface area contributed by atoms with Crippen molar-refractivity contribution in [3.05, 3.63) is 34.7 Å². The number of thiophene rings is 1. The highest BCUT2D eigenvalue weighted by atomic mass is 32.1. The molecular formula is C22H29N3O3S. The zero-order valence-corrected chi connectivity index (χ0v) is 18.0. The van der Waals surface area contributed by atoms with Crippen molar-refractivity contribution in [3.8, 4) is 0 Å². The maximum absolute atomic E-state index is 13.5. The first-order valence-corrected chi connectivity index (χ1v) is 11.2. The Balaban J connectivity index is 1.57. The van der Waals surface area contributed by atoms with E-state index in [0.29, 0.717) is 6.54 Å². The molecule has 2 aliphatic rings. The van der Waals surface area contributed by atoms with Gasteiger partial charge in [0.05, 0.1) is 11.5 Å². The van der Waals surface area contributed by atoms with E-state index in [1.807, 2.05) is 21.9 Å². The largest absolute Gasteiger partial charge is 0.383 e. The van der Waals surface area contributed by atoms with Gasteiger partial charge >= 0.3 is 0 Å². The number of likely N-dealkylation sites (tertiary alicyclic amines) is 1. The Bertz CT molecular complexity index is 889. The van der Waals surface area contributed by atoms with Crippen molar-refractivity contribution in [2.75, 3.05) is 59.5 Å². The Morgan fingerprint density at radius 1 is 1.10 bits per heavy atom. The number of hydrogen-bond donors (Lipinski definition) is 0. The molecule has 0 radical (unpaired) electrons. The molecule has 0 spiro atoms. The summed E-state index contributed by atoms with van der Waals surface area (Å²) in [6, 6.07) is 8.29. The van der Waals surface area contributed by atoms with Crippen molar-refractivity contribution in [2.24, 2.45) is 0 Å². The van der Waals surface area contributed by atoms with Gasteiger partial charge in [-0.15, -0.1) is 11.3 Å². The van der Waals surface area contributed by atoms with Gasteiger partial charge in [0, 0.05) is 70.5 Å². The van der Waals surface area contributed by atoms with E-state index >= 15 is 0 Å². The van der Waals surface area contributed by atoms with E-state index in [0.717, 1.165) is 67.4 Å². The molecule has 2 aliphatic heterocycles. The third-order valence-electron chi connectivity index (χ3n) is 6.14. The number of carbonyl (C=O) groups excluding carboxylic acids is 2. The minimum Gasteiger partial charge on any atom is -0.383 e. The van der Waals surface area contributed by atoms with E-state index < -0.39 is 0 Å². The average molecular weight is 416 g/mol. The highest BCUT2D eigenvalue weighted by molar-refractivity contribution is 7.21. The summed E-state index contributed by atoms with van der Waals surface area (Å²) in [7, 11) is 1.72. The summed E-state index contributed by atoms with van der Waals surface area (Å²) in [6.45, 7) is 8.02. The molecule has 0 saturated carbocycles. The van der Waals surface area contributed by atoms with Crippen LogP contribution in [0.4, 0.5) is 0 Å². The SMILES string of the molecule is COCCN1CCN(C(=O)c2sc3ccccc3c2C2CCN(C(C)=O)C2)CC1. The predicted molar refractivity (Wildman–Crippen MR) is 116 cm³/mol. The summed E-state index contributed by atoms with van der Waals surface area (Å²) in [5.74, 6) is 0.498. The number of carbonyl (C=O) groups is 2. The third-order valence-corrected chi connectivity index (χ3v) is 7.32. The van der Waals surface area contributed by atoms with Crippen LogP contribution < -0.4 is 0 Å². The van der Waals surface area contributed by atoms with E-state index in [1.54, 1.807) is 25.4 Å². The first-order valence-electron chi connectivity index (χ1n) is 10.4. The van der Waals surface area contributed by atoms with Crippen LogP contribution in [0.15, 0.2) is 24.3 Å². The molecule has 156 valence electrons. The van der Waals surface area contributed by atoms with Crippen LogP contribution in [0.25, 0.3) is 10.1 Å². The van der Waals surface area contributed by atoms with Gasteiger partial charge in [-0.3, -0.25) is 14.5 Å². The van der Waals surface area contributed by atoms with E-state index in [1.165, 1.54) is 5.39 Å². The average Bonchev–Trinajstić information content (AvgIpc) is 3.36. The lowest BCUT2D eigenvalue weighted by molar-refractivity contribution is -0.127. The maximum Gasteiger partial charge on any atom is 0.264 e. The van der Waals surface area contributed by atoms with Crippen molar-refractivity contribution in [1.29, 1.82) is 0 Å². The van der Waals surface area contributed by atoms with E-state index in [2.05, 4.69) is 17.0 Å². The van der Waals surface area contributed by atoms with Gasteiger partial charge in [-0.2, -0.15) is 0 Å². The smallest absolute Gasteiger partial charge is 0.264 e. The van der Waals surface area contributed by atoms with Gasteiger partial charge in [0.25, 0.3) is 5.91 Å². The number of amides is 2. The molecule has 7 heteroatoms. The van der Waals surface area contributed by atoms with Crippen LogP contribution in [-0.2, 0) is 9.53 Å². The van der Waals surface area contributed by atoms with Gasteiger partial charge < -0.3 is 14.5 Å². The number of benzene rings is 1. The van der Waals surface area contributed by atoms with E-state index in [9.17, 15) is 9.59 Å². The molecular weight excluding hydrogens is 386 g/mol. The molecule has 2 saturated heterocycles. The Morgan fingerprint density at radius 2 is 1.86 bits per heavy atom. The summed E-state index contributed by atoms with van der Waals surface area (Å²) < 4.78 is 6.33. The topological polar surface area (TPSA) is 53.1 Å². The second-order valence-corrected chi connectivity index (χ2v) is 8.97. The van der Waals surface area contributed by atoms with Gasteiger partial charge in [0.15, 0.2) is 0 Å². The fraction of sp³-hybridized carbons (Fsp3) is 0.545. The molecule has 1 atom stereocenters. The lowest BCUT2D eigenvalue weighted by Gasteiger charge is -2.34. The monoisotopic (exact) mass is 415 g/mol. The zero-order valence-electron chi connectivity index (χ0n) is 17.2. The number of methoxy groups -OCH3 is 1. The second kappa shape index (κ2) is 8.81. The van der Waals surface area contributed by atoms with Gasteiger partial charge in [-0.1, -0.05) is 18.2 Å². The number of rotatable bonds is 5.